The zero-order valence-electron chi connectivity index (χ0n) is 12.4. The molecular weight excluding hydrogens is 398 g/mol. The van der Waals surface area contributed by atoms with E-state index in [1.807, 2.05) is 13.8 Å². The van der Waals surface area contributed by atoms with Gasteiger partial charge in [-0.2, -0.15) is 0 Å². The highest BCUT2D eigenvalue weighted by molar-refractivity contribution is 9.10. The summed E-state index contributed by atoms with van der Waals surface area (Å²) in [6.45, 7) is 4.12. The molecule has 126 valence electrons. The fourth-order valence-electron chi connectivity index (χ4n) is 1.77. The number of halogens is 2. The summed E-state index contributed by atoms with van der Waals surface area (Å²) in [6.07, 6.45) is 0. The number of nitro benzene ring substituents is 1. The van der Waals surface area contributed by atoms with Crippen LogP contribution in [0.25, 0.3) is 0 Å². The Morgan fingerprint density at radius 2 is 1.95 bits per heavy atom. The van der Waals surface area contributed by atoms with Gasteiger partial charge in [-0.05, 0) is 24.1 Å². The summed E-state index contributed by atoms with van der Waals surface area (Å²) < 4.78 is 26.6. The van der Waals surface area contributed by atoms with Crippen molar-refractivity contribution in [2.75, 3.05) is 20.1 Å². The molecule has 0 bridgehead atoms. The lowest BCUT2D eigenvalue weighted by molar-refractivity contribution is -0.387. The number of nitrogens with two attached hydrogens (primary N) is 1. The number of rotatable bonds is 6. The number of hydrogen-bond donors (Lipinski definition) is 1. The Hall–Kier alpha value is -0.740. The minimum Gasteiger partial charge on any atom is -0.330 e. The van der Waals surface area contributed by atoms with Crippen LogP contribution in [-0.4, -0.2) is 37.8 Å². The summed E-state index contributed by atoms with van der Waals surface area (Å²) in [7, 11) is -2.57. The van der Waals surface area contributed by atoms with Crippen LogP contribution in [0.5, 0.6) is 0 Å². The predicted molar refractivity (Wildman–Crippen MR) is 90.7 cm³/mol. The lowest BCUT2D eigenvalue weighted by Crippen LogP contribution is -2.39. The topological polar surface area (TPSA) is 107 Å². The molecular formula is C12H19BrClN3O4S. The van der Waals surface area contributed by atoms with Gasteiger partial charge in [0.25, 0.3) is 5.69 Å². The molecule has 1 aromatic carbocycles. The molecule has 0 amide bonds. The van der Waals surface area contributed by atoms with E-state index in [0.717, 1.165) is 4.31 Å². The second-order valence-electron chi connectivity index (χ2n) is 5.50. The third-order valence-electron chi connectivity index (χ3n) is 3.01. The third kappa shape index (κ3) is 4.88. The monoisotopic (exact) mass is 415 g/mol. The molecule has 1 aromatic rings. The van der Waals surface area contributed by atoms with E-state index in [-0.39, 0.29) is 23.8 Å². The molecule has 0 saturated carbocycles. The van der Waals surface area contributed by atoms with Crippen molar-refractivity contribution in [2.45, 2.75) is 18.7 Å². The standard InChI is InChI=1S/C12H18BrN3O4S.ClH/c1-12(2,7-14)8-15(3)21(19,20)11-5-4-9(13)6-10(11)16(17)18;/h4-6H,7-8,14H2,1-3H3;1H. The lowest BCUT2D eigenvalue weighted by atomic mass is 9.94. The highest BCUT2D eigenvalue weighted by atomic mass is 79.9. The first-order valence-corrected chi connectivity index (χ1v) is 8.35. The highest BCUT2D eigenvalue weighted by Gasteiger charge is 2.32. The van der Waals surface area contributed by atoms with Crippen molar-refractivity contribution in [1.29, 1.82) is 0 Å². The second kappa shape index (κ2) is 7.69. The highest BCUT2D eigenvalue weighted by Crippen LogP contribution is 2.30. The van der Waals surface area contributed by atoms with Crippen LogP contribution in [0.3, 0.4) is 0 Å². The van der Waals surface area contributed by atoms with E-state index in [0.29, 0.717) is 11.0 Å². The normalized spacial score (nSPS) is 12.1. The van der Waals surface area contributed by atoms with Crippen molar-refractivity contribution < 1.29 is 13.3 Å². The Labute approximate surface area is 144 Å². The Balaban J connectivity index is 0.00000441. The predicted octanol–water partition coefficient (Wildman–Crippen LogP) is 2.38. The van der Waals surface area contributed by atoms with Gasteiger partial charge in [-0.25, -0.2) is 12.7 Å². The van der Waals surface area contributed by atoms with Crippen LogP contribution < -0.4 is 5.73 Å². The van der Waals surface area contributed by atoms with Gasteiger partial charge in [-0.15, -0.1) is 12.4 Å². The maximum atomic E-state index is 12.5. The Morgan fingerprint density at radius 1 is 1.41 bits per heavy atom. The Bertz CT molecular complexity index is 652. The molecule has 0 aliphatic heterocycles. The van der Waals surface area contributed by atoms with Gasteiger partial charge >= 0.3 is 0 Å². The third-order valence-corrected chi connectivity index (χ3v) is 5.35. The first-order chi connectivity index (χ1) is 9.51. The summed E-state index contributed by atoms with van der Waals surface area (Å²) in [5, 5.41) is 11.1. The van der Waals surface area contributed by atoms with Crippen molar-refractivity contribution in [3.8, 4) is 0 Å². The van der Waals surface area contributed by atoms with Crippen LogP contribution >= 0.6 is 28.3 Å². The number of nitro groups is 1. The van der Waals surface area contributed by atoms with Gasteiger partial charge in [0, 0.05) is 24.1 Å². The van der Waals surface area contributed by atoms with E-state index in [1.54, 1.807) is 0 Å². The molecule has 0 heterocycles. The van der Waals surface area contributed by atoms with Crippen molar-refractivity contribution >= 4 is 44.0 Å². The Kier molecular flexibility index (Phi) is 7.43. The van der Waals surface area contributed by atoms with Gasteiger partial charge in [-0.3, -0.25) is 10.1 Å². The van der Waals surface area contributed by atoms with E-state index in [1.165, 1.54) is 25.2 Å². The number of hydrogen-bond acceptors (Lipinski definition) is 5. The van der Waals surface area contributed by atoms with Gasteiger partial charge < -0.3 is 5.73 Å². The fourth-order valence-corrected chi connectivity index (χ4v) is 3.61. The molecule has 0 unspecified atom stereocenters. The van der Waals surface area contributed by atoms with E-state index >= 15 is 0 Å². The molecule has 2 N–H and O–H groups in total. The van der Waals surface area contributed by atoms with Crippen LogP contribution in [0.1, 0.15) is 13.8 Å². The maximum absolute atomic E-state index is 12.5. The molecule has 22 heavy (non-hydrogen) atoms. The summed E-state index contributed by atoms with van der Waals surface area (Å²) >= 11 is 3.10. The van der Waals surface area contributed by atoms with E-state index in [9.17, 15) is 18.5 Å². The molecule has 0 saturated heterocycles. The van der Waals surface area contributed by atoms with Crippen molar-refractivity contribution in [2.24, 2.45) is 11.1 Å². The zero-order chi connectivity index (χ0) is 16.4. The lowest BCUT2D eigenvalue weighted by Gasteiger charge is -2.28. The number of sulfonamides is 1. The van der Waals surface area contributed by atoms with E-state index < -0.39 is 26.0 Å². The number of nitrogens with zero attached hydrogens (tertiary/aromatic N) is 2. The van der Waals surface area contributed by atoms with Gasteiger partial charge in [-0.1, -0.05) is 29.8 Å². The van der Waals surface area contributed by atoms with Crippen LogP contribution in [0.4, 0.5) is 5.69 Å². The molecule has 0 spiro atoms. The second-order valence-corrected chi connectivity index (χ2v) is 8.43. The number of benzene rings is 1. The average Bonchev–Trinajstić information content (AvgIpc) is 2.37. The minimum atomic E-state index is -3.96. The molecule has 1 rings (SSSR count). The molecule has 0 fully saturated rings. The molecule has 0 aromatic heterocycles. The van der Waals surface area contributed by atoms with Crippen LogP contribution in [0.2, 0.25) is 0 Å². The smallest absolute Gasteiger partial charge is 0.290 e. The molecule has 0 aliphatic carbocycles. The van der Waals surface area contributed by atoms with E-state index in [2.05, 4.69) is 15.9 Å². The largest absolute Gasteiger partial charge is 0.330 e. The van der Waals surface area contributed by atoms with Gasteiger partial charge in [0.05, 0.1) is 4.92 Å². The molecule has 10 heteroatoms. The maximum Gasteiger partial charge on any atom is 0.290 e. The average molecular weight is 417 g/mol. The van der Waals surface area contributed by atoms with Crippen LogP contribution in [-0.2, 0) is 10.0 Å². The van der Waals surface area contributed by atoms with E-state index in [4.69, 9.17) is 5.73 Å². The summed E-state index contributed by atoms with van der Waals surface area (Å²) in [5.41, 5.74) is 4.72. The minimum absolute atomic E-state index is 0. The molecule has 0 radical (unpaired) electrons. The first-order valence-electron chi connectivity index (χ1n) is 6.11. The van der Waals surface area contributed by atoms with Gasteiger partial charge in [0.2, 0.25) is 10.0 Å². The Morgan fingerprint density at radius 3 is 2.41 bits per heavy atom. The van der Waals surface area contributed by atoms with Crippen molar-refractivity contribution in [1.82, 2.24) is 4.31 Å². The fraction of sp³-hybridized carbons (Fsp3) is 0.500. The zero-order valence-corrected chi connectivity index (χ0v) is 15.7. The van der Waals surface area contributed by atoms with Gasteiger partial charge in [0.15, 0.2) is 4.90 Å². The van der Waals surface area contributed by atoms with Crippen molar-refractivity contribution in [3.63, 3.8) is 0 Å². The first kappa shape index (κ1) is 21.3. The van der Waals surface area contributed by atoms with Crippen molar-refractivity contribution in [3.05, 3.63) is 32.8 Å². The SMILES string of the molecule is CN(CC(C)(C)CN)S(=O)(=O)c1ccc(Br)cc1[N+](=O)[O-].Cl. The summed E-state index contributed by atoms with van der Waals surface area (Å²) in [6, 6.07) is 3.86. The van der Waals surface area contributed by atoms with Crippen LogP contribution in [0.15, 0.2) is 27.6 Å². The van der Waals surface area contributed by atoms with Gasteiger partial charge in [0.1, 0.15) is 0 Å². The quantitative estimate of drug-likeness (QED) is 0.566. The molecule has 7 nitrogen and oxygen atoms in total. The van der Waals surface area contributed by atoms with Crippen LogP contribution in [0, 0.1) is 15.5 Å². The summed E-state index contributed by atoms with van der Waals surface area (Å²) in [4.78, 5) is 10.0. The molecule has 0 aliphatic rings. The summed E-state index contributed by atoms with van der Waals surface area (Å²) in [5.74, 6) is 0. The molecule has 0 atom stereocenters.